The average Bonchev–Trinajstić information content (AvgIpc) is 3.27. The van der Waals surface area contributed by atoms with Crippen molar-refractivity contribution in [3.05, 3.63) is 46.4 Å². The number of furan rings is 1. The summed E-state index contributed by atoms with van der Waals surface area (Å²) in [6, 6.07) is 1.96. The predicted molar refractivity (Wildman–Crippen MR) is 113 cm³/mol. The van der Waals surface area contributed by atoms with Crippen LogP contribution in [0.25, 0.3) is 0 Å². The van der Waals surface area contributed by atoms with Crippen LogP contribution in [0.15, 0.2) is 39.5 Å². The van der Waals surface area contributed by atoms with Gasteiger partial charge in [-0.15, -0.1) is 0 Å². The highest BCUT2D eigenvalue weighted by atomic mass is 16.5. The minimum Gasteiger partial charge on any atom is -0.469 e. The van der Waals surface area contributed by atoms with Crippen LogP contribution in [0.5, 0.6) is 0 Å². The van der Waals surface area contributed by atoms with Gasteiger partial charge >= 0.3 is 0 Å². The number of allylic oxidation sites excluding steroid dienone is 1. The fraction of sp³-hybridized carbons (Fsp3) is 0.640. The van der Waals surface area contributed by atoms with Crippen molar-refractivity contribution in [3.63, 3.8) is 0 Å². The number of fused-ring (bicyclic) bond motifs is 1. The summed E-state index contributed by atoms with van der Waals surface area (Å²) in [5, 5.41) is 11.6. The van der Waals surface area contributed by atoms with Gasteiger partial charge in [0.25, 0.3) is 0 Å². The number of aryl methyl sites for hydroxylation is 2. The van der Waals surface area contributed by atoms with Gasteiger partial charge in [0.2, 0.25) is 0 Å². The van der Waals surface area contributed by atoms with Crippen molar-refractivity contribution in [3.8, 4) is 0 Å². The van der Waals surface area contributed by atoms with Gasteiger partial charge in [0, 0.05) is 17.9 Å². The van der Waals surface area contributed by atoms with Crippen LogP contribution in [0.2, 0.25) is 0 Å². The van der Waals surface area contributed by atoms with Crippen molar-refractivity contribution >= 4 is 5.78 Å². The summed E-state index contributed by atoms with van der Waals surface area (Å²) in [7, 11) is 0. The lowest BCUT2D eigenvalue weighted by atomic mass is 9.62. The van der Waals surface area contributed by atoms with E-state index < -0.39 is 11.2 Å². The van der Waals surface area contributed by atoms with Crippen LogP contribution in [0, 0.1) is 24.7 Å². The molecule has 1 aliphatic heterocycles. The highest BCUT2D eigenvalue weighted by Gasteiger charge is 2.63. The highest BCUT2D eigenvalue weighted by Crippen LogP contribution is 2.57. The Morgan fingerprint density at radius 3 is 2.66 bits per heavy atom. The summed E-state index contributed by atoms with van der Waals surface area (Å²) < 4.78 is 12.2. The molecule has 0 bridgehead atoms. The van der Waals surface area contributed by atoms with Crippen LogP contribution in [-0.4, -0.2) is 28.2 Å². The maximum absolute atomic E-state index is 13.8. The molecule has 2 heterocycles. The van der Waals surface area contributed by atoms with E-state index >= 15 is 0 Å². The lowest BCUT2D eigenvalue weighted by Gasteiger charge is -2.43. The maximum atomic E-state index is 13.8. The maximum Gasteiger partial charge on any atom is 0.193 e. The summed E-state index contributed by atoms with van der Waals surface area (Å²) in [4.78, 5) is 13.8. The summed E-state index contributed by atoms with van der Waals surface area (Å²) >= 11 is 0. The molecular weight excluding hydrogens is 364 g/mol. The van der Waals surface area contributed by atoms with E-state index in [9.17, 15) is 9.90 Å². The first-order valence-electron chi connectivity index (χ1n) is 11.0. The fourth-order valence-electron chi connectivity index (χ4n) is 6.01. The summed E-state index contributed by atoms with van der Waals surface area (Å²) in [5.74, 6) is 0.935. The number of aliphatic hydroxyl groups is 1. The van der Waals surface area contributed by atoms with Crippen LogP contribution in [-0.2, 0) is 16.0 Å². The summed E-state index contributed by atoms with van der Waals surface area (Å²) in [6.07, 6.45) is 6.79. The Hall–Kier alpha value is -1.65. The average molecular weight is 399 g/mol. The molecule has 158 valence electrons. The van der Waals surface area contributed by atoms with Gasteiger partial charge in [-0.05, 0) is 76.0 Å². The van der Waals surface area contributed by atoms with Gasteiger partial charge in [-0.25, -0.2) is 0 Å². The Kier molecular flexibility index (Phi) is 4.94. The minimum absolute atomic E-state index is 0.0180. The second kappa shape index (κ2) is 6.95. The third kappa shape index (κ3) is 2.98. The van der Waals surface area contributed by atoms with E-state index in [0.29, 0.717) is 12.8 Å². The van der Waals surface area contributed by atoms with Crippen molar-refractivity contribution in [2.45, 2.75) is 84.5 Å². The van der Waals surface area contributed by atoms with E-state index in [4.69, 9.17) is 9.15 Å². The minimum atomic E-state index is -1.26. The van der Waals surface area contributed by atoms with E-state index in [0.717, 1.165) is 35.3 Å². The van der Waals surface area contributed by atoms with Gasteiger partial charge in [-0.1, -0.05) is 25.5 Å². The largest absolute Gasteiger partial charge is 0.469 e. The molecule has 1 aromatic heterocycles. The number of hydrogen-bond donors (Lipinski definition) is 1. The second-order valence-electron chi connectivity index (χ2n) is 9.90. The summed E-state index contributed by atoms with van der Waals surface area (Å²) in [5.41, 5.74) is 2.13. The molecule has 0 unspecified atom stereocenters. The molecule has 0 radical (unpaired) electrons. The molecule has 4 nitrogen and oxygen atoms in total. The Morgan fingerprint density at radius 1 is 1.31 bits per heavy atom. The number of ketones is 1. The van der Waals surface area contributed by atoms with E-state index in [1.807, 2.05) is 26.8 Å². The molecule has 0 amide bonds. The van der Waals surface area contributed by atoms with Gasteiger partial charge in [0.15, 0.2) is 5.78 Å². The normalized spacial score (nSPS) is 38.9. The lowest BCUT2D eigenvalue weighted by molar-refractivity contribution is -0.146. The molecule has 1 aromatic rings. The Labute approximate surface area is 174 Å². The van der Waals surface area contributed by atoms with Crippen LogP contribution < -0.4 is 0 Å². The molecule has 4 heteroatoms. The number of Topliss-reactive ketones (excluding diaryl/α,β-unsaturated/α-hetero) is 1. The third-order valence-electron chi connectivity index (χ3n) is 7.71. The standard InChI is InChI=1S/C25H34O4/c1-14(2)13-20-21-17(5)18-8-7-16(4)25(18,27)23(26)22(21)24(6,29-20)11-9-19-15(3)10-12-28-19/h10,12-13,16-18,20,27H,7-9,11H2,1-6H3/t16-,17-,18-,20+,24-,25+/m0/s1. The van der Waals surface area contributed by atoms with Gasteiger partial charge in [-0.3, -0.25) is 4.79 Å². The molecule has 3 aliphatic rings. The van der Waals surface area contributed by atoms with Crippen molar-refractivity contribution in [1.82, 2.24) is 0 Å². The molecule has 1 saturated carbocycles. The molecule has 1 N–H and O–H groups in total. The van der Waals surface area contributed by atoms with Crippen molar-refractivity contribution < 1.29 is 19.1 Å². The molecule has 0 spiro atoms. The Balaban J connectivity index is 1.78. The van der Waals surface area contributed by atoms with Gasteiger partial charge in [0.1, 0.15) is 11.4 Å². The van der Waals surface area contributed by atoms with E-state index in [-0.39, 0.29) is 29.6 Å². The monoisotopic (exact) mass is 398 g/mol. The molecule has 1 fully saturated rings. The molecule has 0 aromatic carbocycles. The Bertz CT molecular complexity index is 886. The van der Waals surface area contributed by atoms with Crippen LogP contribution in [0.4, 0.5) is 0 Å². The predicted octanol–water partition coefficient (Wildman–Crippen LogP) is 4.94. The zero-order chi connectivity index (χ0) is 21.1. The van der Waals surface area contributed by atoms with Gasteiger partial charge < -0.3 is 14.3 Å². The molecule has 2 aliphatic carbocycles. The van der Waals surface area contributed by atoms with Gasteiger partial charge in [-0.2, -0.15) is 0 Å². The zero-order valence-electron chi connectivity index (χ0n) is 18.5. The zero-order valence-corrected chi connectivity index (χ0v) is 18.5. The van der Waals surface area contributed by atoms with Crippen LogP contribution in [0.3, 0.4) is 0 Å². The van der Waals surface area contributed by atoms with E-state index in [1.54, 1.807) is 6.26 Å². The lowest BCUT2D eigenvalue weighted by Crippen LogP contribution is -2.55. The van der Waals surface area contributed by atoms with Crippen LogP contribution >= 0.6 is 0 Å². The van der Waals surface area contributed by atoms with E-state index in [1.165, 1.54) is 5.57 Å². The summed E-state index contributed by atoms with van der Waals surface area (Å²) in [6.45, 7) is 12.4. The van der Waals surface area contributed by atoms with Crippen molar-refractivity contribution in [2.24, 2.45) is 17.8 Å². The molecular formula is C25H34O4. The number of rotatable bonds is 4. The molecule has 29 heavy (non-hydrogen) atoms. The fourth-order valence-corrected chi connectivity index (χ4v) is 6.01. The first-order valence-corrected chi connectivity index (χ1v) is 11.0. The van der Waals surface area contributed by atoms with Crippen LogP contribution in [0.1, 0.15) is 65.2 Å². The Morgan fingerprint density at radius 2 is 2.03 bits per heavy atom. The number of ether oxygens (including phenoxy) is 1. The third-order valence-corrected chi connectivity index (χ3v) is 7.71. The van der Waals surface area contributed by atoms with Crippen molar-refractivity contribution in [1.29, 1.82) is 0 Å². The topological polar surface area (TPSA) is 59.7 Å². The first-order chi connectivity index (χ1) is 13.6. The molecule has 0 saturated heterocycles. The number of carbonyl (C=O) groups excluding carboxylic acids is 1. The van der Waals surface area contributed by atoms with Crippen molar-refractivity contribution in [2.75, 3.05) is 0 Å². The quantitative estimate of drug-likeness (QED) is 0.730. The van der Waals surface area contributed by atoms with Gasteiger partial charge in [0.05, 0.1) is 18.0 Å². The SMILES string of the molecule is CC(C)=C[C@H]1O[C@@](C)(CCc2occc2C)C2=C1[C@@H](C)[C@@H]1CC[C@H](C)[C@]1(O)C2=O. The second-order valence-corrected chi connectivity index (χ2v) is 9.90. The smallest absolute Gasteiger partial charge is 0.193 e. The molecule has 4 rings (SSSR count). The highest BCUT2D eigenvalue weighted by molar-refractivity contribution is 6.06. The van der Waals surface area contributed by atoms with E-state index in [2.05, 4.69) is 26.8 Å². The number of hydrogen-bond acceptors (Lipinski definition) is 4. The molecule has 6 atom stereocenters. The first kappa shape index (κ1) is 20.6. The number of carbonyl (C=O) groups is 1.